The van der Waals surface area contributed by atoms with Crippen molar-refractivity contribution in [1.29, 1.82) is 0 Å². The molecule has 0 aliphatic heterocycles. The van der Waals surface area contributed by atoms with Crippen molar-refractivity contribution in [3.8, 4) is 0 Å². The van der Waals surface area contributed by atoms with E-state index in [0.717, 1.165) is 0 Å². The number of thiol groups is 1. The summed E-state index contributed by atoms with van der Waals surface area (Å²) in [6.45, 7) is 1.20. The summed E-state index contributed by atoms with van der Waals surface area (Å²) in [4.78, 5) is 83.0. The number of carbonyl (C=O) groups excluding carboxylic acids is 4. The van der Waals surface area contributed by atoms with Crippen molar-refractivity contribution in [3.63, 3.8) is 0 Å². The lowest BCUT2D eigenvalue weighted by atomic mass is 10.1. The molecule has 0 saturated heterocycles. The van der Waals surface area contributed by atoms with Crippen LogP contribution in [0, 0.1) is 0 Å². The summed E-state index contributed by atoms with van der Waals surface area (Å²) in [6, 6.07) is -5.36. The smallest absolute Gasteiger partial charge is 0.327 e. The molecule has 0 bridgehead atoms. The minimum absolute atomic E-state index is 0.226. The molecule has 0 aromatic heterocycles. The molecule has 36 heavy (non-hydrogen) atoms. The van der Waals surface area contributed by atoms with E-state index < -0.39 is 85.0 Å². The molecule has 204 valence electrons. The molecule has 4 atom stereocenters. The normalized spacial score (nSPS) is 13.9. The number of carboxylic acid groups (broad SMARTS) is 3. The van der Waals surface area contributed by atoms with Gasteiger partial charge in [0.05, 0.1) is 0 Å². The zero-order chi connectivity index (χ0) is 27.8. The van der Waals surface area contributed by atoms with Gasteiger partial charge in [-0.15, -0.1) is 0 Å². The highest BCUT2D eigenvalue weighted by molar-refractivity contribution is 7.98. The Morgan fingerprint density at radius 1 is 0.694 bits per heavy atom. The average Bonchev–Trinajstić information content (AvgIpc) is 2.78. The molecular formula is C20H32N4O10S2. The van der Waals surface area contributed by atoms with Crippen LogP contribution in [0.1, 0.15) is 39.0 Å². The molecule has 0 spiro atoms. The van der Waals surface area contributed by atoms with Gasteiger partial charge in [0.1, 0.15) is 24.2 Å². The standard InChI is InChI=1S/C20H32N4O10S2/c1-10(25)21-13(7-8-36-2)19(32)23-11(3-5-15(26)27)17(30)22-12(4-6-16(28)29)18(31)24-14(9-35)20(33)34/h11-14,35H,3-9H2,1-2H3,(H,21,25)(H,22,30)(H,23,32)(H,24,31)(H,26,27)(H,28,29)(H,33,34)/t11-,12-,13-,14-/m0/s1. The quantitative estimate of drug-likeness (QED) is 0.0907. The molecule has 0 aliphatic rings. The summed E-state index contributed by atoms with van der Waals surface area (Å²) in [5.41, 5.74) is 0. The van der Waals surface area contributed by atoms with E-state index in [-0.39, 0.29) is 18.6 Å². The van der Waals surface area contributed by atoms with E-state index in [1.54, 1.807) is 6.26 Å². The highest BCUT2D eigenvalue weighted by Crippen LogP contribution is 2.07. The number of hydrogen-bond donors (Lipinski definition) is 8. The predicted molar refractivity (Wildman–Crippen MR) is 132 cm³/mol. The molecule has 0 radical (unpaired) electrons. The van der Waals surface area contributed by atoms with Crippen molar-refractivity contribution in [2.24, 2.45) is 0 Å². The largest absolute Gasteiger partial charge is 0.481 e. The van der Waals surface area contributed by atoms with E-state index in [2.05, 4.69) is 33.9 Å². The topological polar surface area (TPSA) is 228 Å². The third-order valence-corrected chi connectivity index (χ3v) is 5.67. The third kappa shape index (κ3) is 13.8. The first-order chi connectivity index (χ1) is 16.8. The number of carbonyl (C=O) groups is 7. The van der Waals surface area contributed by atoms with Gasteiger partial charge in [0.2, 0.25) is 23.6 Å². The van der Waals surface area contributed by atoms with Gasteiger partial charge in [-0.2, -0.15) is 24.4 Å². The zero-order valence-corrected chi connectivity index (χ0v) is 21.5. The second-order valence-corrected chi connectivity index (χ2v) is 8.95. The van der Waals surface area contributed by atoms with Gasteiger partial charge in [0.25, 0.3) is 0 Å². The van der Waals surface area contributed by atoms with Crippen LogP contribution in [0.4, 0.5) is 0 Å². The first kappa shape index (κ1) is 33.0. The van der Waals surface area contributed by atoms with Gasteiger partial charge in [0, 0.05) is 25.5 Å². The molecule has 0 fully saturated rings. The Bertz CT molecular complexity index is 826. The van der Waals surface area contributed by atoms with Crippen LogP contribution in [0.3, 0.4) is 0 Å². The van der Waals surface area contributed by atoms with Crippen molar-refractivity contribution in [1.82, 2.24) is 21.3 Å². The molecule has 4 amide bonds. The second-order valence-electron chi connectivity index (χ2n) is 7.60. The number of thioether (sulfide) groups is 1. The van der Waals surface area contributed by atoms with Crippen LogP contribution in [0.25, 0.3) is 0 Å². The van der Waals surface area contributed by atoms with Gasteiger partial charge < -0.3 is 36.6 Å². The van der Waals surface area contributed by atoms with E-state index >= 15 is 0 Å². The summed E-state index contributed by atoms with van der Waals surface area (Å²) in [7, 11) is 0. The highest BCUT2D eigenvalue weighted by Gasteiger charge is 2.31. The van der Waals surface area contributed by atoms with E-state index in [0.29, 0.717) is 5.75 Å². The van der Waals surface area contributed by atoms with Crippen molar-refractivity contribution < 1.29 is 48.9 Å². The summed E-state index contributed by atoms with van der Waals surface area (Å²) in [6.07, 6.45) is 0.154. The van der Waals surface area contributed by atoms with Crippen molar-refractivity contribution >= 4 is 65.9 Å². The van der Waals surface area contributed by atoms with E-state index in [4.69, 9.17) is 15.3 Å². The number of hydrogen-bond acceptors (Lipinski definition) is 9. The van der Waals surface area contributed by atoms with Crippen LogP contribution < -0.4 is 21.3 Å². The molecule has 0 aromatic rings. The Hall–Kier alpha value is -3.01. The van der Waals surface area contributed by atoms with Crippen LogP contribution >= 0.6 is 24.4 Å². The van der Waals surface area contributed by atoms with Crippen LogP contribution in [0.15, 0.2) is 0 Å². The fourth-order valence-corrected chi connectivity index (χ4v) is 3.54. The van der Waals surface area contributed by atoms with Gasteiger partial charge in [-0.3, -0.25) is 28.8 Å². The van der Waals surface area contributed by atoms with Crippen LogP contribution in [0.2, 0.25) is 0 Å². The minimum Gasteiger partial charge on any atom is -0.481 e. The van der Waals surface area contributed by atoms with E-state index in [1.807, 2.05) is 0 Å². The summed E-state index contributed by atoms with van der Waals surface area (Å²) in [5.74, 6) is -6.96. The number of nitrogens with one attached hydrogen (secondary N) is 4. The van der Waals surface area contributed by atoms with Gasteiger partial charge >= 0.3 is 17.9 Å². The Labute approximate surface area is 217 Å². The fraction of sp³-hybridized carbons (Fsp3) is 0.650. The van der Waals surface area contributed by atoms with Crippen LogP contribution in [-0.4, -0.2) is 98.8 Å². The monoisotopic (exact) mass is 552 g/mol. The molecule has 0 aliphatic carbocycles. The lowest BCUT2D eigenvalue weighted by Gasteiger charge is -2.25. The molecular weight excluding hydrogens is 520 g/mol. The van der Waals surface area contributed by atoms with Crippen molar-refractivity contribution in [3.05, 3.63) is 0 Å². The molecule has 7 N–H and O–H groups in total. The molecule has 16 heteroatoms. The number of amides is 4. The summed E-state index contributed by atoms with van der Waals surface area (Å²) in [5, 5.41) is 36.3. The minimum atomic E-state index is -1.50. The van der Waals surface area contributed by atoms with Crippen molar-refractivity contribution in [2.75, 3.05) is 17.8 Å². The maximum Gasteiger partial charge on any atom is 0.327 e. The molecule has 0 rings (SSSR count). The lowest BCUT2D eigenvalue weighted by molar-refractivity contribution is -0.142. The van der Waals surface area contributed by atoms with Crippen LogP contribution in [-0.2, 0) is 33.6 Å². The van der Waals surface area contributed by atoms with E-state index in [9.17, 15) is 33.6 Å². The van der Waals surface area contributed by atoms with E-state index in [1.165, 1.54) is 18.7 Å². The Morgan fingerprint density at radius 2 is 1.08 bits per heavy atom. The van der Waals surface area contributed by atoms with Gasteiger partial charge in [-0.1, -0.05) is 0 Å². The zero-order valence-electron chi connectivity index (χ0n) is 19.8. The molecule has 0 saturated carbocycles. The maximum atomic E-state index is 12.9. The second kappa shape index (κ2) is 17.4. The van der Waals surface area contributed by atoms with Gasteiger partial charge in [0.15, 0.2) is 0 Å². The molecule has 0 unspecified atom stereocenters. The van der Waals surface area contributed by atoms with Gasteiger partial charge in [-0.25, -0.2) is 4.79 Å². The highest BCUT2D eigenvalue weighted by atomic mass is 32.2. The molecule has 0 heterocycles. The number of rotatable bonds is 18. The fourth-order valence-electron chi connectivity index (χ4n) is 2.83. The van der Waals surface area contributed by atoms with Gasteiger partial charge in [-0.05, 0) is 31.3 Å². The SMILES string of the molecule is CSCC[C@H](NC(C)=O)C(=O)N[C@@H](CCC(=O)O)C(=O)N[C@@H](CCC(=O)O)C(=O)N[C@@H](CS)C(=O)O. The summed E-state index contributed by atoms with van der Waals surface area (Å²) < 4.78 is 0. The lowest BCUT2D eigenvalue weighted by Crippen LogP contribution is -2.58. The molecule has 14 nitrogen and oxygen atoms in total. The Balaban J connectivity index is 5.73. The van der Waals surface area contributed by atoms with Crippen LogP contribution in [0.5, 0.6) is 0 Å². The Kier molecular flexibility index (Phi) is 16.0. The third-order valence-electron chi connectivity index (χ3n) is 4.66. The number of carboxylic acids is 3. The number of aliphatic carboxylic acids is 3. The average molecular weight is 553 g/mol. The molecule has 0 aromatic carbocycles. The summed E-state index contributed by atoms with van der Waals surface area (Å²) >= 11 is 5.24. The maximum absolute atomic E-state index is 12.9. The van der Waals surface area contributed by atoms with Crippen molar-refractivity contribution in [2.45, 2.75) is 63.2 Å². The Morgan fingerprint density at radius 3 is 1.39 bits per heavy atom. The first-order valence-corrected chi connectivity index (χ1v) is 12.8. The first-order valence-electron chi connectivity index (χ1n) is 10.8. The predicted octanol–water partition coefficient (Wildman–Crippen LogP) is -1.56.